The highest BCUT2D eigenvalue weighted by atomic mass is 16.3. The lowest BCUT2D eigenvalue weighted by atomic mass is 9.94. The molecule has 0 amide bonds. The molecule has 0 saturated heterocycles. The Bertz CT molecular complexity index is 732. The van der Waals surface area contributed by atoms with Crippen molar-refractivity contribution in [1.82, 2.24) is 0 Å². The molecule has 17 heavy (non-hydrogen) atoms. The number of hydrogen-bond acceptors (Lipinski definition) is 1. The third kappa shape index (κ3) is 1.32. The fourth-order valence-electron chi connectivity index (χ4n) is 2.77. The average molecular weight is 224 g/mol. The molecule has 0 spiro atoms. The number of rotatable bonds is 0. The van der Waals surface area contributed by atoms with Crippen LogP contribution in [-0.4, -0.2) is 0 Å². The summed E-state index contributed by atoms with van der Waals surface area (Å²) in [5.74, 6) is 0. The van der Waals surface area contributed by atoms with Gasteiger partial charge in [0.2, 0.25) is 0 Å². The van der Waals surface area contributed by atoms with Gasteiger partial charge in [0.15, 0.2) is 0 Å². The minimum atomic E-state index is 0.996. The highest BCUT2D eigenvalue weighted by Gasteiger charge is 2.11. The Labute approximate surface area is 101 Å². The molecule has 0 N–H and O–H groups in total. The van der Waals surface area contributed by atoms with Gasteiger partial charge in [0.1, 0.15) is 5.58 Å². The van der Waals surface area contributed by atoms with Crippen LogP contribution in [0.25, 0.3) is 21.7 Å². The third-order valence-electron chi connectivity index (χ3n) is 3.81. The van der Waals surface area contributed by atoms with Crippen LogP contribution in [0.5, 0.6) is 0 Å². The molecule has 0 fully saturated rings. The molecule has 86 valence electrons. The number of furan rings is 1. The van der Waals surface area contributed by atoms with E-state index in [2.05, 4.69) is 45.9 Å². The van der Waals surface area contributed by atoms with E-state index in [9.17, 15) is 0 Å². The lowest BCUT2D eigenvalue weighted by Gasteiger charge is -2.10. The summed E-state index contributed by atoms with van der Waals surface area (Å²) in [5.41, 5.74) is 6.28. The van der Waals surface area contributed by atoms with E-state index in [1.807, 2.05) is 6.26 Å². The molecule has 1 nitrogen and oxygen atoms in total. The van der Waals surface area contributed by atoms with Crippen LogP contribution >= 0.6 is 0 Å². The zero-order valence-corrected chi connectivity index (χ0v) is 10.7. The average Bonchev–Trinajstić information content (AvgIpc) is 2.66. The van der Waals surface area contributed by atoms with Gasteiger partial charge in [-0.2, -0.15) is 0 Å². The zero-order chi connectivity index (χ0) is 12.2. The van der Waals surface area contributed by atoms with Crippen molar-refractivity contribution in [2.45, 2.75) is 27.7 Å². The maximum Gasteiger partial charge on any atom is 0.135 e. The van der Waals surface area contributed by atoms with Crippen LogP contribution in [0.15, 0.2) is 28.9 Å². The summed E-state index contributed by atoms with van der Waals surface area (Å²) in [6, 6.07) is 6.51. The Morgan fingerprint density at radius 3 is 2.35 bits per heavy atom. The van der Waals surface area contributed by atoms with Gasteiger partial charge in [-0.15, -0.1) is 0 Å². The van der Waals surface area contributed by atoms with E-state index >= 15 is 0 Å². The molecular formula is C16H16O. The maximum absolute atomic E-state index is 5.61. The van der Waals surface area contributed by atoms with Crippen molar-refractivity contribution in [3.05, 3.63) is 46.7 Å². The van der Waals surface area contributed by atoms with Crippen LogP contribution in [0.1, 0.15) is 22.3 Å². The summed E-state index contributed by atoms with van der Waals surface area (Å²) in [6.45, 7) is 8.67. The first-order chi connectivity index (χ1) is 8.09. The first-order valence-corrected chi connectivity index (χ1v) is 5.97. The Morgan fingerprint density at radius 1 is 0.824 bits per heavy atom. The number of hydrogen-bond donors (Lipinski definition) is 0. The van der Waals surface area contributed by atoms with Gasteiger partial charge in [-0.1, -0.05) is 12.1 Å². The Morgan fingerprint density at radius 2 is 1.59 bits per heavy atom. The molecule has 0 aliphatic carbocycles. The monoisotopic (exact) mass is 224 g/mol. The lowest BCUT2D eigenvalue weighted by Crippen LogP contribution is -1.88. The molecule has 0 aliphatic rings. The minimum Gasteiger partial charge on any atom is -0.464 e. The molecule has 2 aromatic carbocycles. The molecule has 0 atom stereocenters. The van der Waals surface area contributed by atoms with Crippen LogP contribution in [0.4, 0.5) is 0 Å². The van der Waals surface area contributed by atoms with Crippen molar-refractivity contribution in [2.24, 2.45) is 0 Å². The van der Waals surface area contributed by atoms with E-state index in [4.69, 9.17) is 4.42 Å². The van der Waals surface area contributed by atoms with Crippen LogP contribution in [0, 0.1) is 27.7 Å². The van der Waals surface area contributed by atoms with Gasteiger partial charge < -0.3 is 4.42 Å². The molecule has 3 rings (SSSR count). The predicted octanol–water partition coefficient (Wildman–Crippen LogP) is 4.82. The molecule has 0 bridgehead atoms. The predicted molar refractivity (Wildman–Crippen MR) is 72.7 cm³/mol. The van der Waals surface area contributed by atoms with Gasteiger partial charge in [-0.05, 0) is 66.8 Å². The van der Waals surface area contributed by atoms with E-state index in [1.54, 1.807) is 0 Å². The van der Waals surface area contributed by atoms with Gasteiger partial charge in [0, 0.05) is 5.39 Å². The van der Waals surface area contributed by atoms with Crippen LogP contribution in [0.3, 0.4) is 0 Å². The lowest BCUT2D eigenvalue weighted by molar-refractivity contribution is 0.613. The number of aryl methyl sites for hydroxylation is 4. The molecular weight excluding hydrogens is 208 g/mol. The largest absolute Gasteiger partial charge is 0.464 e. The van der Waals surface area contributed by atoms with Crippen LogP contribution in [-0.2, 0) is 0 Å². The molecule has 1 aromatic heterocycles. The second-order valence-corrected chi connectivity index (χ2v) is 4.90. The van der Waals surface area contributed by atoms with Crippen molar-refractivity contribution in [3.8, 4) is 0 Å². The van der Waals surface area contributed by atoms with Gasteiger partial charge >= 0.3 is 0 Å². The van der Waals surface area contributed by atoms with Crippen molar-refractivity contribution >= 4 is 21.7 Å². The molecule has 1 heteroatoms. The van der Waals surface area contributed by atoms with E-state index in [0.29, 0.717) is 0 Å². The van der Waals surface area contributed by atoms with Crippen LogP contribution < -0.4 is 0 Å². The SMILES string of the molecule is Cc1ccc2cc3occ(C)c3c(C)c2c1C. The summed E-state index contributed by atoms with van der Waals surface area (Å²) in [4.78, 5) is 0. The van der Waals surface area contributed by atoms with Crippen LogP contribution in [0.2, 0.25) is 0 Å². The van der Waals surface area contributed by atoms with Crippen molar-refractivity contribution in [1.29, 1.82) is 0 Å². The fraction of sp³-hybridized carbons (Fsp3) is 0.250. The first kappa shape index (κ1) is 10.4. The quantitative estimate of drug-likeness (QED) is 0.533. The van der Waals surface area contributed by atoms with E-state index in [-0.39, 0.29) is 0 Å². The summed E-state index contributed by atoms with van der Waals surface area (Å²) in [5, 5.41) is 3.92. The molecule has 0 aliphatic heterocycles. The third-order valence-corrected chi connectivity index (χ3v) is 3.81. The summed E-state index contributed by atoms with van der Waals surface area (Å²) >= 11 is 0. The van der Waals surface area contributed by atoms with Gasteiger partial charge in [-0.3, -0.25) is 0 Å². The smallest absolute Gasteiger partial charge is 0.135 e. The van der Waals surface area contributed by atoms with Gasteiger partial charge in [0.05, 0.1) is 6.26 Å². The maximum atomic E-state index is 5.61. The topological polar surface area (TPSA) is 13.1 Å². The molecule has 0 saturated carbocycles. The normalized spacial score (nSPS) is 11.5. The second kappa shape index (κ2) is 3.36. The van der Waals surface area contributed by atoms with Gasteiger partial charge in [-0.25, -0.2) is 0 Å². The Balaban J connectivity index is 2.63. The van der Waals surface area contributed by atoms with E-state index in [0.717, 1.165) is 5.58 Å². The summed E-state index contributed by atoms with van der Waals surface area (Å²) < 4.78 is 5.61. The molecule has 0 radical (unpaired) electrons. The second-order valence-electron chi connectivity index (χ2n) is 4.90. The van der Waals surface area contributed by atoms with Crippen molar-refractivity contribution < 1.29 is 4.42 Å². The van der Waals surface area contributed by atoms with Gasteiger partial charge in [0.25, 0.3) is 0 Å². The summed E-state index contributed by atoms with van der Waals surface area (Å²) in [6.07, 6.45) is 1.85. The number of fused-ring (bicyclic) bond motifs is 2. The fourth-order valence-corrected chi connectivity index (χ4v) is 2.77. The number of benzene rings is 2. The minimum absolute atomic E-state index is 0.996. The molecule has 1 heterocycles. The highest BCUT2D eigenvalue weighted by Crippen LogP contribution is 2.33. The van der Waals surface area contributed by atoms with Crippen molar-refractivity contribution in [2.75, 3.05) is 0 Å². The standard InChI is InChI=1S/C16H16O/c1-9-5-6-13-7-14-15(10(2)8-17-14)12(4)16(13)11(9)3/h5-8H,1-4H3. The summed E-state index contributed by atoms with van der Waals surface area (Å²) in [7, 11) is 0. The molecule has 3 aromatic rings. The highest BCUT2D eigenvalue weighted by molar-refractivity contribution is 6.03. The Kier molecular flexibility index (Phi) is 2.06. The zero-order valence-electron chi connectivity index (χ0n) is 10.7. The van der Waals surface area contributed by atoms with E-state index < -0.39 is 0 Å². The van der Waals surface area contributed by atoms with E-state index in [1.165, 1.54) is 38.4 Å². The van der Waals surface area contributed by atoms with Crippen molar-refractivity contribution in [3.63, 3.8) is 0 Å². The Hall–Kier alpha value is -1.76. The first-order valence-electron chi connectivity index (χ1n) is 5.97. The molecule has 0 unspecified atom stereocenters.